The van der Waals surface area contributed by atoms with Crippen molar-refractivity contribution in [3.63, 3.8) is 0 Å². The van der Waals surface area contributed by atoms with Crippen molar-refractivity contribution in [2.45, 2.75) is 59.0 Å². The van der Waals surface area contributed by atoms with Crippen molar-refractivity contribution in [1.82, 2.24) is 4.90 Å². The molecule has 0 bridgehead atoms. The van der Waals surface area contributed by atoms with Crippen LogP contribution in [-0.2, 0) is 30.7 Å². The summed E-state index contributed by atoms with van der Waals surface area (Å²) in [4.78, 5) is 16.9. The number of ether oxygens (including phenoxy) is 1. The Bertz CT molecular complexity index is 798. The van der Waals surface area contributed by atoms with Crippen LogP contribution in [0, 0.1) is 0 Å². The summed E-state index contributed by atoms with van der Waals surface area (Å²) < 4.78 is 5.12. The van der Waals surface area contributed by atoms with Gasteiger partial charge in [-0.2, -0.15) is 0 Å². The van der Waals surface area contributed by atoms with Gasteiger partial charge in [0, 0.05) is 25.3 Å². The van der Waals surface area contributed by atoms with Crippen molar-refractivity contribution in [3.05, 3.63) is 64.7 Å². The van der Waals surface area contributed by atoms with Crippen LogP contribution in [0.15, 0.2) is 42.5 Å². The zero-order valence-corrected chi connectivity index (χ0v) is 18.1. The van der Waals surface area contributed by atoms with E-state index in [1.165, 1.54) is 42.3 Å². The van der Waals surface area contributed by atoms with E-state index in [9.17, 15) is 4.79 Å². The molecule has 0 spiro atoms. The summed E-state index contributed by atoms with van der Waals surface area (Å²) in [5.41, 5.74) is 6.56. The molecule has 0 aliphatic heterocycles. The topological polar surface area (TPSA) is 32.8 Å². The highest BCUT2D eigenvalue weighted by molar-refractivity contribution is 5.68. The van der Waals surface area contributed by atoms with Gasteiger partial charge in [-0.3, -0.25) is 4.90 Å². The molecule has 0 saturated carbocycles. The van der Waals surface area contributed by atoms with E-state index in [1.54, 1.807) is 0 Å². The molecule has 0 saturated heterocycles. The second-order valence-electron chi connectivity index (χ2n) is 7.90. The van der Waals surface area contributed by atoms with Crippen molar-refractivity contribution in [2.24, 2.45) is 0 Å². The van der Waals surface area contributed by atoms with Gasteiger partial charge in [0.1, 0.15) is 0 Å². The van der Waals surface area contributed by atoms with Gasteiger partial charge in [0.2, 0.25) is 0 Å². The lowest BCUT2D eigenvalue weighted by Gasteiger charge is -2.30. The van der Waals surface area contributed by atoms with Crippen molar-refractivity contribution in [2.75, 3.05) is 25.1 Å². The van der Waals surface area contributed by atoms with Crippen LogP contribution in [-0.4, -0.2) is 31.2 Å². The Balaban J connectivity index is 1.94. The van der Waals surface area contributed by atoms with Crippen LogP contribution >= 0.6 is 0 Å². The van der Waals surface area contributed by atoms with E-state index in [-0.39, 0.29) is 6.09 Å². The second kappa shape index (κ2) is 10.3. The van der Waals surface area contributed by atoms with E-state index in [4.69, 9.17) is 4.74 Å². The van der Waals surface area contributed by atoms with E-state index < -0.39 is 0 Å². The maximum atomic E-state index is 12.6. The largest absolute Gasteiger partial charge is 0.453 e. The van der Waals surface area contributed by atoms with Gasteiger partial charge >= 0.3 is 6.09 Å². The molecule has 0 fully saturated rings. The van der Waals surface area contributed by atoms with Gasteiger partial charge in [0.15, 0.2) is 0 Å². The number of amides is 1. The standard InChI is InChI=1S/C25H34N2O2/c1-4-14-26(15-5-2)24-17-22-13-9-12-21(22)16-23(24)19-27(25(28)29-3)18-20-10-7-6-8-11-20/h6-8,10-11,16-17H,4-5,9,12-15,18-19H2,1-3H3. The van der Waals surface area contributed by atoms with Crippen molar-refractivity contribution >= 4 is 11.8 Å². The molecule has 1 aliphatic carbocycles. The van der Waals surface area contributed by atoms with Gasteiger partial charge in [-0.15, -0.1) is 0 Å². The highest BCUT2D eigenvalue weighted by atomic mass is 16.5. The average molecular weight is 395 g/mol. The summed E-state index contributed by atoms with van der Waals surface area (Å²) in [7, 11) is 1.46. The molecule has 2 aromatic carbocycles. The predicted octanol–water partition coefficient (Wildman–Crippen LogP) is 5.57. The number of benzene rings is 2. The summed E-state index contributed by atoms with van der Waals surface area (Å²) in [6.07, 6.45) is 5.48. The summed E-state index contributed by atoms with van der Waals surface area (Å²) in [6.45, 7) is 7.64. The summed E-state index contributed by atoms with van der Waals surface area (Å²) in [6, 6.07) is 14.9. The molecule has 1 amide bonds. The van der Waals surface area contributed by atoms with Crippen LogP contribution < -0.4 is 4.90 Å². The zero-order valence-electron chi connectivity index (χ0n) is 18.1. The smallest absolute Gasteiger partial charge is 0.410 e. The predicted molar refractivity (Wildman–Crippen MR) is 119 cm³/mol. The van der Waals surface area contributed by atoms with Crippen molar-refractivity contribution in [1.29, 1.82) is 0 Å². The van der Waals surface area contributed by atoms with E-state index in [0.717, 1.165) is 37.9 Å². The number of carbonyl (C=O) groups is 1. The number of nitrogens with zero attached hydrogens (tertiary/aromatic N) is 2. The Morgan fingerprint density at radius 1 is 0.966 bits per heavy atom. The number of hydrogen-bond donors (Lipinski definition) is 0. The number of carbonyl (C=O) groups excluding carboxylic acids is 1. The maximum absolute atomic E-state index is 12.6. The van der Waals surface area contributed by atoms with Gasteiger partial charge in [0.25, 0.3) is 0 Å². The summed E-state index contributed by atoms with van der Waals surface area (Å²) in [5, 5.41) is 0. The molecule has 4 nitrogen and oxygen atoms in total. The SMILES string of the molecule is CCCN(CCC)c1cc2c(cc1CN(Cc1ccccc1)C(=O)OC)CCC2. The highest BCUT2D eigenvalue weighted by Gasteiger charge is 2.22. The van der Waals surface area contributed by atoms with Gasteiger partial charge in [-0.1, -0.05) is 50.2 Å². The lowest BCUT2D eigenvalue weighted by Crippen LogP contribution is -2.32. The number of rotatable bonds is 9. The molecule has 29 heavy (non-hydrogen) atoms. The number of anilines is 1. The fourth-order valence-electron chi connectivity index (χ4n) is 4.30. The van der Waals surface area contributed by atoms with E-state index >= 15 is 0 Å². The van der Waals surface area contributed by atoms with Crippen LogP contribution in [0.2, 0.25) is 0 Å². The van der Waals surface area contributed by atoms with Gasteiger partial charge in [0.05, 0.1) is 13.7 Å². The van der Waals surface area contributed by atoms with Crippen molar-refractivity contribution in [3.8, 4) is 0 Å². The number of fused-ring (bicyclic) bond motifs is 1. The molecule has 4 heteroatoms. The monoisotopic (exact) mass is 394 g/mol. The minimum absolute atomic E-state index is 0.280. The first-order valence-electron chi connectivity index (χ1n) is 10.9. The molecule has 0 unspecified atom stereocenters. The first kappa shape index (κ1) is 21.2. The molecule has 1 aliphatic rings. The van der Waals surface area contributed by atoms with Crippen LogP contribution in [0.25, 0.3) is 0 Å². The Morgan fingerprint density at radius 2 is 1.62 bits per heavy atom. The molecule has 156 valence electrons. The Morgan fingerprint density at radius 3 is 2.24 bits per heavy atom. The number of hydrogen-bond acceptors (Lipinski definition) is 3. The lowest BCUT2D eigenvalue weighted by atomic mass is 10.0. The fourth-order valence-corrected chi connectivity index (χ4v) is 4.30. The molecule has 0 atom stereocenters. The van der Waals surface area contributed by atoms with Gasteiger partial charge in [-0.05, 0) is 60.4 Å². The number of methoxy groups -OCH3 is 1. The maximum Gasteiger partial charge on any atom is 0.410 e. The quantitative estimate of drug-likeness (QED) is 0.557. The third-order valence-electron chi connectivity index (χ3n) is 5.63. The molecule has 2 aromatic rings. The Hall–Kier alpha value is -2.49. The van der Waals surface area contributed by atoms with Crippen molar-refractivity contribution < 1.29 is 9.53 Å². The van der Waals surface area contributed by atoms with Gasteiger partial charge < -0.3 is 9.64 Å². The van der Waals surface area contributed by atoms with E-state index in [2.05, 4.69) is 43.0 Å². The third kappa shape index (κ3) is 5.31. The molecular weight excluding hydrogens is 360 g/mol. The first-order chi connectivity index (χ1) is 14.2. The highest BCUT2D eigenvalue weighted by Crippen LogP contribution is 2.32. The fraction of sp³-hybridized carbons (Fsp3) is 0.480. The molecule has 0 heterocycles. The minimum Gasteiger partial charge on any atom is -0.453 e. The molecule has 0 aromatic heterocycles. The van der Waals surface area contributed by atoms with Crippen LogP contribution in [0.5, 0.6) is 0 Å². The molecular formula is C25H34N2O2. The molecule has 0 radical (unpaired) electrons. The Labute approximate surface area is 175 Å². The second-order valence-corrected chi connectivity index (χ2v) is 7.90. The van der Waals surface area contributed by atoms with Gasteiger partial charge in [-0.25, -0.2) is 4.79 Å². The van der Waals surface area contributed by atoms with Crippen LogP contribution in [0.1, 0.15) is 55.4 Å². The molecule has 3 rings (SSSR count). The summed E-state index contributed by atoms with van der Waals surface area (Å²) >= 11 is 0. The Kier molecular flexibility index (Phi) is 7.56. The average Bonchev–Trinajstić information content (AvgIpc) is 3.20. The third-order valence-corrected chi connectivity index (χ3v) is 5.63. The lowest BCUT2D eigenvalue weighted by molar-refractivity contribution is 0.118. The first-order valence-corrected chi connectivity index (χ1v) is 10.9. The van der Waals surface area contributed by atoms with E-state index in [1.807, 2.05) is 23.1 Å². The van der Waals surface area contributed by atoms with Crippen LogP contribution in [0.4, 0.5) is 10.5 Å². The summed E-state index contributed by atoms with van der Waals surface area (Å²) in [5.74, 6) is 0. The van der Waals surface area contributed by atoms with E-state index in [0.29, 0.717) is 13.1 Å². The van der Waals surface area contributed by atoms with Crippen LogP contribution in [0.3, 0.4) is 0 Å². The zero-order chi connectivity index (χ0) is 20.6. The number of aryl methyl sites for hydroxylation is 2. The molecule has 0 N–H and O–H groups in total. The minimum atomic E-state index is -0.280. The normalized spacial score (nSPS) is 12.5.